The van der Waals surface area contributed by atoms with Crippen molar-refractivity contribution >= 4 is 5.82 Å². The van der Waals surface area contributed by atoms with Crippen LogP contribution in [0.15, 0.2) is 48.9 Å². The monoisotopic (exact) mass is 337 g/mol. The van der Waals surface area contributed by atoms with Gasteiger partial charge in [-0.3, -0.25) is 4.68 Å². The number of aryl methyl sites for hydroxylation is 1. The van der Waals surface area contributed by atoms with Crippen molar-refractivity contribution in [3.8, 4) is 22.5 Å². The van der Waals surface area contributed by atoms with Crippen LogP contribution in [0.3, 0.4) is 0 Å². The van der Waals surface area contributed by atoms with E-state index in [4.69, 9.17) is 4.74 Å². The lowest BCUT2D eigenvalue weighted by Crippen LogP contribution is -2.10. The molecule has 3 rings (SSSR count). The van der Waals surface area contributed by atoms with E-state index < -0.39 is 0 Å². The molecule has 6 heteroatoms. The number of anilines is 1. The SMILES string of the molecule is COCCCn1ccc(-c2cccc(-c3cc(N(C)C)ncn3)c2)n1. The third-order valence-electron chi connectivity index (χ3n) is 3.94. The zero-order valence-electron chi connectivity index (χ0n) is 14.9. The van der Waals surface area contributed by atoms with E-state index in [0.29, 0.717) is 0 Å². The Morgan fingerprint density at radius 3 is 2.60 bits per heavy atom. The van der Waals surface area contributed by atoms with Gasteiger partial charge in [0.2, 0.25) is 0 Å². The van der Waals surface area contributed by atoms with Crippen LogP contribution in [0.4, 0.5) is 5.82 Å². The number of benzene rings is 1. The van der Waals surface area contributed by atoms with Gasteiger partial charge in [0.25, 0.3) is 0 Å². The van der Waals surface area contributed by atoms with E-state index in [1.807, 2.05) is 48.1 Å². The summed E-state index contributed by atoms with van der Waals surface area (Å²) in [6, 6.07) is 12.3. The lowest BCUT2D eigenvalue weighted by atomic mass is 10.1. The third kappa shape index (κ3) is 4.22. The quantitative estimate of drug-likeness (QED) is 0.620. The van der Waals surface area contributed by atoms with E-state index in [-0.39, 0.29) is 0 Å². The van der Waals surface area contributed by atoms with Gasteiger partial charge in [0.1, 0.15) is 12.1 Å². The van der Waals surface area contributed by atoms with Crippen LogP contribution >= 0.6 is 0 Å². The maximum absolute atomic E-state index is 5.09. The summed E-state index contributed by atoms with van der Waals surface area (Å²) < 4.78 is 7.04. The molecule has 130 valence electrons. The Kier molecular flexibility index (Phi) is 5.40. The van der Waals surface area contributed by atoms with Crippen molar-refractivity contribution in [1.29, 1.82) is 0 Å². The van der Waals surface area contributed by atoms with Crippen molar-refractivity contribution in [2.45, 2.75) is 13.0 Å². The minimum atomic E-state index is 0.743. The number of ether oxygens (including phenoxy) is 1. The van der Waals surface area contributed by atoms with Gasteiger partial charge in [-0.05, 0) is 18.6 Å². The average molecular weight is 337 g/mol. The van der Waals surface area contributed by atoms with Gasteiger partial charge in [-0.2, -0.15) is 5.10 Å². The molecule has 0 atom stereocenters. The van der Waals surface area contributed by atoms with Gasteiger partial charge in [-0.1, -0.05) is 18.2 Å². The van der Waals surface area contributed by atoms with Crippen LogP contribution in [0.2, 0.25) is 0 Å². The minimum absolute atomic E-state index is 0.743. The van der Waals surface area contributed by atoms with Crippen LogP contribution in [0.1, 0.15) is 6.42 Å². The summed E-state index contributed by atoms with van der Waals surface area (Å²) >= 11 is 0. The summed E-state index contributed by atoms with van der Waals surface area (Å²) in [5.74, 6) is 0.887. The lowest BCUT2D eigenvalue weighted by molar-refractivity contribution is 0.189. The fraction of sp³-hybridized carbons (Fsp3) is 0.316. The predicted molar refractivity (Wildman–Crippen MR) is 99.5 cm³/mol. The Bertz CT molecular complexity index is 828. The largest absolute Gasteiger partial charge is 0.385 e. The van der Waals surface area contributed by atoms with E-state index in [9.17, 15) is 0 Å². The molecule has 2 aromatic heterocycles. The van der Waals surface area contributed by atoms with E-state index in [1.165, 1.54) is 0 Å². The number of methoxy groups -OCH3 is 1. The standard InChI is InChI=1S/C19H23N5O/c1-23(2)19-13-18(20-14-21-19)16-7-4-6-15(12-16)17-8-10-24(22-17)9-5-11-25-3/h4,6-8,10,12-14H,5,9,11H2,1-3H3. The molecule has 6 nitrogen and oxygen atoms in total. The fourth-order valence-corrected chi connectivity index (χ4v) is 2.60. The van der Waals surface area contributed by atoms with Gasteiger partial charge in [0.15, 0.2) is 0 Å². The Morgan fingerprint density at radius 1 is 1.04 bits per heavy atom. The molecule has 0 saturated carbocycles. The molecule has 0 aliphatic rings. The Hall–Kier alpha value is -2.73. The Labute approximate surface area is 148 Å². The second-order valence-corrected chi connectivity index (χ2v) is 6.05. The first-order valence-corrected chi connectivity index (χ1v) is 8.30. The molecular weight excluding hydrogens is 314 g/mol. The number of hydrogen-bond donors (Lipinski definition) is 0. The molecule has 0 bridgehead atoms. The smallest absolute Gasteiger partial charge is 0.132 e. The molecule has 25 heavy (non-hydrogen) atoms. The number of hydrogen-bond acceptors (Lipinski definition) is 5. The molecule has 0 unspecified atom stereocenters. The summed E-state index contributed by atoms with van der Waals surface area (Å²) in [4.78, 5) is 10.6. The molecule has 1 aromatic carbocycles. The Balaban J connectivity index is 1.83. The maximum Gasteiger partial charge on any atom is 0.132 e. The zero-order valence-corrected chi connectivity index (χ0v) is 14.9. The lowest BCUT2D eigenvalue weighted by Gasteiger charge is -2.11. The summed E-state index contributed by atoms with van der Waals surface area (Å²) in [5, 5.41) is 4.65. The van der Waals surface area contributed by atoms with Gasteiger partial charge >= 0.3 is 0 Å². The van der Waals surface area contributed by atoms with Crippen molar-refractivity contribution in [3.63, 3.8) is 0 Å². The highest BCUT2D eigenvalue weighted by molar-refractivity contribution is 5.70. The molecule has 3 aromatic rings. The normalized spacial score (nSPS) is 10.8. The van der Waals surface area contributed by atoms with Crippen molar-refractivity contribution in [1.82, 2.24) is 19.7 Å². The average Bonchev–Trinajstić information content (AvgIpc) is 3.11. The van der Waals surface area contributed by atoms with Gasteiger partial charge in [0.05, 0.1) is 11.4 Å². The van der Waals surface area contributed by atoms with E-state index >= 15 is 0 Å². The fourth-order valence-electron chi connectivity index (χ4n) is 2.60. The molecule has 0 N–H and O–H groups in total. The van der Waals surface area contributed by atoms with Crippen LogP contribution in [-0.4, -0.2) is 47.6 Å². The highest BCUT2D eigenvalue weighted by atomic mass is 16.5. The van der Waals surface area contributed by atoms with Crippen LogP contribution in [0, 0.1) is 0 Å². The minimum Gasteiger partial charge on any atom is -0.385 e. The molecule has 0 aliphatic carbocycles. The molecule has 0 aliphatic heterocycles. The summed E-state index contributed by atoms with van der Waals surface area (Å²) in [6.07, 6.45) is 4.56. The highest BCUT2D eigenvalue weighted by Gasteiger charge is 2.07. The summed E-state index contributed by atoms with van der Waals surface area (Å²) in [7, 11) is 5.66. The van der Waals surface area contributed by atoms with Gasteiger partial charge < -0.3 is 9.64 Å². The van der Waals surface area contributed by atoms with Crippen LogP contribution < -0.4 is 4.90 Å². The second kappa shape index (κ2) is 7.90. The van der Waals surface area contributed by atoms with Crippen LogP contribution in [0.25, 0.3) is 22.5 Å². The predicted octanol–water partition coefficient (Wildman–Crippen LogP) is 3.11. The molecule has 0 radical (unpaired) electrons. The molecule has 0 spiro atoms. The van der Waals surface area contributed by atoms with Crippen molar-refractivity contribution in [2.75, 3.05) is 32.7 Å². The first kappa shape index (κ1) is 17.1. The topological polar surface area (TPSA) is 56.1 Å². The second-order valence-electron chi connectivity index (χ2n) is 6.05. The van der Waals surface area contributed by atoms with Crippen molar-refractivity contribution in [2.24, 2.45) is 0 Å². The van der Waals surface area contributed by atoms with Crippen molar-refractivity contribution < 1.29 is 4.74 Å². The van der Waals surface area contributed by atoms with Gasteiger partial charge in [-0.25, -0.2) is 9.97 Å². The zero-order chi connectivity index (χ0) is 17.6. The van der Waals surface area contributed by atoms with E-state index in [2.05, 4.69) is 33.3 Å². The van der Waals surface area contributed by atoms with Gasteiger partial charge in [-0.15, -0.1) is 0 Å². The molecule has 0 saturated heterocycles. The first-order valence-electron chi connectivity index (χ1n) is 8.30. The molecule has 2 heterocycles. The van der Waals surface area contributed by atoms with Crippen LogP contribution in [-0.2, 0) is 11.3 Å². The maximum atomic E-state index is 5.09. The number of rotatable bonds is 7. The third-order valence-corrected chi connectivity index (χ3v) is 3.94. The first-order chi connectivity index (χ1) is 12.2. The molecule has 0 amide bonds. The van der Waals surface area contributed by atoms with Crippen LogP contribution in [0.5, 0.6) is 0 Å². The number of nitrogens with zero attached hydrogens (tertiary/aromatic N) is 5. The van der Waals surface area contributed by atoms with Crippen molar-refractivity contribution in [3.05, 3.63) is 48.9 Å². The highest BCUT2D eigenvalue weighted by Crippen LogP contribution is 2.25. The van der Waals surface area contributed by atoms with E-state index in [1.54, 1.807) is 13.4 Å². The summed E-state index contributed by atoms with van der Waals surface area (Å²) in [5.41, 5.74) is 3.99. The summed E-state index contributed by atoms with van der Waals surface area (Å²) in [6.45, 7) is 1.60. The number of aromatic nitrogens is 4. The van der Waals surface area contributed by atoms with E-state index in [0.717, 1.165) is 47.9 Å². The Morgan fingerprint density at radius 2 is 1.84 bits per heavy atom. The molecular formula is C19H23N5O. The molecule has 0 fully saturated rings. The van der Waals surface area contributed by atoms with Gasteiger partial charge in [0, 0.05) is 57.7 Å².